The molecule has 1 aliphatic heterocycles. The lowest BCUT2D eigenvalue weighted by atomic mass is 10.3. The van der Waals surface area contributed by atoms with E-state index in [-0.39, 0.29) is 23.3 Å². The van der Waals surface area contributed by atoms with Crippen molar-refractivity contribution in [1.29, 1.82) is 0 Å². The molecule has 0 saturated heterocycles. The number of halogens is 1. The van der Waals surface area contributed by atoms with Crippen LogP contribution in [-0.4, -0.2) is 20.2 Å². The molecule has 1 aliphatic rings. The van der Waals surface area contributed by atoms with Gasteiger partial charge >= 0.3 is 0 Å². The summed E-state index contributed by atoms with van der Waals surface area (Å²) in [6, 6.07) is 15.1. The van der Waals surface area contributed by atoms with Crippen LogP contribution in [0.1, 0.15) is 0 Å². The minimum absolute atomic E-state index is 0.0186. The Labute approximate surface area is 154 Å². The van der Waals surface area contributed by atoms with Crippen molar-refractivity contribution in [2.75, 3.05) is 11.5 Å². The van der Waals surface area contributed by atoms with Gasteiger partial charge in [0.2, 0.25) is 18.6 Å². The van der Waals surface area contributed by atoms with Crippen LogP contribution in [0.5, 0.6) is 23.1 Å². The second kappa shape index (κ2) is 6.76. The Morgan fingerprint density at radius 2 is 1.78 bits per heavy atom. The molecule has 0 bridgehead atoms. The molecule has 3 aromatic rings. The average Bonchev–Trinajstić information content (AvgIpc) is 3.12. The van der Waals surface area contributed by atoms with Crippen LogP contribution in [0.25, 0.3) is 0 Å². The van der Waals surface area contributed by atoms with Crippen LogP contribution in [0.15, 0.2) is 65.6 Å². The molecule has 2 aromatic carbocycles. The molecular weight excluding hydrogens is 375 g/mol. The molecule has 0 amide bonds. The third-order valence-corrected chi connectivity index (χ3v) is 5.07. The molecule has 4 rings (SSSR count). The van der Waals surface area contributed by atoms with Gasteiger partial charge in [0.1, 0.15) is 11.4 Å². The fraction of sp³-hybridized carbons (Fsp3) is 0.0556. The summed E-state index contributed by atoms with van der Waals surface area (Å²) in [5.41, 5.74) is -0.281. The van der Waals surface area contributed by atoms with Gasteiger partial charge in [0.25, 0.3) is 10.0 Å². The van der Waals surface area contributed by atoms with Crippen LogP contribution in [-0.2, 0) is 10.0 Å². The number of pyridine rings is 1. The molecule has 9 heteroatoms. The predicted molar refractivity (Wildman–Crippen MR) is 94.1 cm³/mol. The number of anilines is 1. The highest BCUT2D eigenvalue weighted by Gasteiger charge is 2.18. The van der Waals surface area contributed by atoms with Gasteiger partial charge in [-0.05, 0) is 30.3 Å². The molecule has 0 radical (unpaired) electrons. The van der Waals surface area contributed by atoms with Gasteiger partial charge in [0.15, 0.2) is 11.5 Å². The summed E-state index contributed by atoms with van der Waals surface area (Å²) in [5.74, 6) is 0.443. The van der Waals surface area contributed by atoms with Gasteiger partial charge in [-0.25, -0.2) is 8.42 Å². The highest BCUT2D eigenvalue weighted by atomic mass is 32.2. The van der Waals surface area contributed by atoms with Crippen molar-refractivity contribution in [3.8, 4) is 23.1 Å². The maximum absolute atomic E-state index is 14.3. The van der Waals surface area contributed by atoms with E-state index in [9.17, 15) is 12.8 Å². The summed E-state index contributed by atoms with van der Waals surface area (Å²) in [6.07, 6.45) is 0. The highest BCUT2D eigenvalue weighted by molar-refractivity contribution is 7.92. The number of ether oxygens (including phenoxy) is 3. The van der Waals surface area contributed by atoms with Gasteiger partial charge in [0, 0.05) is 12.1 Å². The van der Waals surface area contributed by atoms with E-state index < -0.39 is 16.0 Å². The number of hydrogen-bond donors (Lipinski definition) is 1. The maximum atomic E-state index is 14.3. The Kier molecular flexibility index (Phi) is 4.28. The van der Waals surface area contributed by atoms with E-state index in [1.165, 1.54) is 24.3 Å². The Balaban J connectivity index is 1.53. The fourth-order valence-corrected chi connectivity index (χ4v) is 3.49. The first-order valence-corrected chi connectivity index (χ1v) is 9.31. The highest BCUT2D eigenvalue weighted by Crippen LogP contribution is 2.36. The second-order valence-corrected chi connectivity index (χ2v) is 7.21. The van der Waals surface area contributed by atoms with Gasteiger partial charge in [-0.3, -0.25) is 4.72 Å². The van der Waals surface area contributed by atoms with Crippen LogP contribution in [0.2, 0.25) is 0 Å². The molecule has 138 valence electrons. The molecule has 27 heavy (non-hydrogen) atoms. The lowest BCUT2D eigenvalue weighted by Gasteiger charge is -2.10. The number of fused-ring (bicyclic) bond motifs is 1. The van der Waals surface area contributed by atoms with E-state index in [0.717, 1.165) is 0 Å². The maximum Gasteiger partial charge on any atom is 0.262 e. The molecule has 2 heterocycles. The molecular formula is C18H13FN2O5S. The van der Waals surface area contributed by atoms with Crippen molar-refractivity contribution in [2.24, 2.45) is 0 Å². The zero-order valence-electron chi connectivity index (χ0n) is 13.8. The van der Waals surface area contributed by atoms with Crippen molar-refractivity contribution in [3.63, 3.8) is 0 Å². The lowest BCUT2D eigenvalue weighted by molar-refractivity contribution is 0.174. The Morgan fingerprint density at radius 3 is 2.56 bits per heavy atom. The normalized spacial score (nSPS) is 12.6. The van der Waals surface area contributed by atoms with Crippen molar-refractivity contribution in [2.45, 2.75) is 4.90 Å². The predicted octanol–water partition coefficient (Wildman–Crippen LogP) is 3.54. The Morgan fingerprint density at radius 1 is 1.00 bits per heavy atom. The van der Waals surface area contributed by atoms with E-state index in [0.29, 0.717) is 17.2 Å². The minimum Gasteiger partial charge on any atom is -0.454 e. The monoisotopic (exact) mass is 388 g/mol. The topological polar surface area (TPSA) is 86.8 Å². The number of sulfonamides is 1. The quantitative estimate of drug-likeness (QED) is 0.673. The van der Waals surface area contributed by atoms with Crippen LogP contribution < -0.4 is 18.9 Å². The second-order valence-electron chi connectivity index (χ2n) is 5.52. The van der Waals surface area contributed by atoms with Gasteiger partial charge in [-0.15, -0.1) is 0 Å². The molecule has 0 atom stereocenters. The molecule has 1 N–H and O–H groups in total. The van der Waals surface area contributed by atoms with E-state index in [2.05, 4.69) is 9.71 Å². The van der Waals surface area contributed by atoms with E-state index in [1.54, 1.807) is 36.4 Å². The zero-order valence-corrected chi connectivity index (χ0v) is 14.6. The van der Waals surface area contributed by atoms with E-state index >= 15 is 0 Å². The average molecular weight is 388 g/mol. The van der Waals surface area contributed by atoms with E-state index in [1.807, 2.05) is 0 Å². The molecule has 7 nitrogen and oxygen atoms in total. The first-order chi connectivity index (χ1) is 13.0. The van der Waals surface area contributed by atoms with Gasteiger partial charge in [-0.1, -0.05) is 18.2 Å². The van der Waals surface area contributed by atoms with Crippen LogP contribution in [0, 0.1) is 5.95 Å². The summed E-state index contributed by atoms with van der Waals surface area (Å²) >= 11 is 0. The number of benzene rings is 2. The number of rotatable bonds is 5. The summed E-state index contributed by atoms with van der Waals surface area (Å²) in [6.45, 7) is 0.127. The molecule has 0 fully saturated rings. The van der Waals surface area contributed by atoms with Crippen molar-refractivity contribution in [3.05, 3.63) is 66.6 Å². The van der Waals surface area contributed by atoms with E-state index in [4.69, 9.17) is 14.2 Å². The zero-order chi connectivity index (χ0) is 18.9. The molecule has 0 saturated carbocycles. The Hall–Kier alpha value is -3.33. The van der Waals surface area contributed by atoms with Crippen molar-refractivity contribution in [1.82, 2.24) is 4.98 Å². The van der Waals surface area contributed by atoms with Crippen LogP contribution >= 0.6 is 0 Å². The summed E-state index contributed by atoms with van der Waals surface area (Å²) in [4.78, 5) is 3.67. The Bertz CT molecular complexity index is 1090. The fourth-order valence-electron chi connectivity index (χ4n) is 2.42. The minimum atomic E-state index is -3.92. The SMILES string of the molecule is O=S(=O)(Nc1ccc(Oc2ccc3c(c2)OCO3)nc1F)c1ccccc1. The van der Waals surface area contributed by atoms with Gasteiger partial charge < -0.3 is 14.2 Å². The van der Waals surface area contributed by atoms with Crippen molar-refractivity contribution < 1.29 is 27.0 Å². The number of aromatic nitrogens is 1. The molecule has 0 unspecified atom stereocenters. The van der Waals surface area contributed by atoms with Crippen molar-refractivity contribution >= 4 is 15.7 Å². The summed E-state index contributed by atoms with van der Waals surface area (Å²) in [7, 11) is -3.92. The summed E-state index contributed by atoms with van der Waals surface area (Å²) < 4.78 is 56.9. The van der Waals surface area contributed by atoms with Gasteiger partial charge in [-0.2, -0.15) is 9.37 Å². The molecule has 0 spiro atoms. The van der Waals surface area contributed by atoms with Gasteiger partial charge in [0.05, 0.1) is 4.90 Å². The number of nitrogens with one attached hydrogen (secondary N) is 1. The molecule has 1 aromatic heterocycles. The largest absolute Gasteiger partial charge is 0.454 e. The third kappa shape index (κ3) is 3.63. The number of hydrogen-bond acceptors (Lipinski definition) is 6. The lowest BCUT2D eigenvalue weighted by Crippen LogP contribution is -2.14. The smallest absolute Gasteiger partial charge is 0.262 e. The number of nitrogens with zero attached hydrogens (tertiary/aromatic N) is 1. The van der Waals surface area contributed by atoms with Crippen LogP contribution in [0.4, 0.5) is 10.1 Å². The third-order valence-electron chi connectivity index (χ3n) is 3.69. The summed E-state index contributed by atoms with van der Waals surface area (Å²) in [5, 5.41) is 0. The first-order valence-electron chi connectivity index (χ1n) is 7.83. The standard InChI is InChI=1S/C18H13FN2O5S/c19-18-14(21-27(22,23)13-4-2-1-3-5-13)7-9-17(20-18)26-12-6-8-15-16(10-12)25-11-24-15/h1-10,21H,11H2. The molecule has 0 aliphatic carbocycles. The van der Waals surface area contributed by atoms with Crippen LogP contribution in [0.3, 0.4) is 0 Å². The first kappa shape index (κ1) is 17.1.